The summed E-state index contributed by atoms with van der Waals surface area (Å²) >= 11 is 0. The molecule has 0 saturated heterocycles. The van der Waals surface area contributed by atoms with Gasteiger partial charge in [0, 0.05) is 6.42 Å². The topological polar surface area (TPSA) is 57.2 Å². The van der Waals surface area contributed by atoms with Gasteiger partial charge in [-0.25, -0.2) is 12.8 Å². The summed E-state index contributed by atoms with van der Waals surface area (Å²) in [6, 6.07) is 0. The standard InChI is InChI=1S/C7H6F10O3S.Na/c8-3(1-2-4(9,10)11)5(12,13)6(14,15)7(16,17)21(18,19)20;/h3H,1-2H2,(H,18,19,20);/q;+1/p-1. The second-order valence-corrected chi connectivity index (χ2v) is 5.21. The molecule has 0 fully saturated rings. The number of rotatable bonds is 6. The van der Waals surface area contributed by atoms with E-state index in [4.69, 9.17) is 0 Å². The maximum absolute atomic E-state index is 12.8. The quantitative estimate of drug-likeness (QED) is 0.372. The van der Waals surface area contributed by atoms with Gasteiger partial charge >= 0.3 is 52.8 Å². The van der Waals surface area contributed by atoms with E-state index in [9.17, 15) is 56.9 Å². The molecule has 0 aromatic carbocycles. The van der Waals surface area contributed by atoms with Gasteiger partial charge in [0.05, 0.1) is 0 Å². The SMILES string of the molecule is O=S(=O)([O-])C(F)(F)C(F)(F)C(F)(F)C(F)CCC(F)(F)F.[Na+]. The second kappa shape index (κ2) is 6.99. The van der Waals surface area contributed by atoms with E-state index < -0.39 is 52.4 Å². The third-order valence-corrected chi connectivity index (χ3v) is 3.06. The molecule has 22 heavy (non-hydrogen) atoms. The number of halogens is 10. The molecule has 3 nitrogen and oxygen atoms in total. The normalized spacial score (nSPS) is 16.1. The molecular formula is C7H5F10NaO3S. The van der Waals surface area contributed by atoms with Crippen LogP contribution in [0.5, 0.6) is 0 Å². The Morgan fingerprint density at radius 2 is 1.27 bits per heavy atom. The van der Waals surface area contributed by atoms with Gasteiger partial charge in [-0.2, -0.15) is 39.5 Å². The molecule has 0 aliphatic rings. The van der Waals surface area contributed by atoms with Gasteiger partial charge in [-0.05, 0) is 6.42 Å². The zero-order valence-corrected chi connectivity index (χ0v) is 13.2. The molecule has 0 aliphatic heterocycles. The fourth-order valence-corrected chi connectivity index (χ4v) is 1.47. The van der Waals surface area contributed by atoms with Crippen molar-refractivity contribution in [2.24, 2.45) is 0 Å². The van der Waals surface area contributed by atoms with E-state index in [1.807, 2.05) is 0 Å². The van der Waals surface area contributed by atoms with E-state index in [0.717, 1.165) is 0 Å². The fraction of sp³-hybridized carbons (Fsp3) is 1.00. The maximum Gasteiger partial charge on any atom is 1.00 e. The van der Waals surface area contributed by atoms with Crippen LogP contribution < -0.4 is 29.6 Å². The van der Waals surface area contributed by atoms with Crippen molar-refractivity contribution in [3.8, 4) is 0 Å². The fourth-order valence-electron chi connectivity index (χ4n) is 1.02. The summed E-state index contributed by atoms with van der Waals surface area (Å²) in [5.74, 6) is -13.6. The largest absolute Gasteiger partial charge is 1.00 e. The molecule has 0 aliphatic carbocycles. The molecule has 0 saturated carbocycles. The first kappa shape index (κ1) is 24.5. The summed E-state index contributed by atoms with van der Waals surface area (Å²) in [5.41, 5.74) is 0. The van der Waals surface area contributed by atoms with E-state index in [-0.39, 0.29) is 29.6 Å². The molecule has 0 bridgehead atoms. The molecule has 0 N–H and O–H groups in total. The zero-order valence-electron chi connectivity index (χ0n) is 10.4. The summed E-state index contributed by atoms with van der Waals surface area (Å²) in [4.78, 5) is 0. The molecule has 0 amide bonds. The zero-order chi connectivity index (χ0) is 17.5. The number of hydrogen-bond acceptors (Lipinski definition) is 3. The predicted molar refractivity (Wildman–Crippen MR) is 44.7 cm³/mol. The molecule has 0 heterocycles. The Kier molecular flexibility index (Phi) is 7.77. The smallest absolute Gasteiger partial charge is 0.743 e. The van der Waals surface area contributed by atoms with Crippen molar-refractivity contribution in [3.63, 3.8) is 0 Å². The number of hydrogen-bond donors (Lipinski definition) is 0. The molecular weight excluding hydrogens is 377 g/mol. The van der Waals surface area contributed by atoms with Gasteiger partial charge in [0.2, 0.25) is 0 Å². The van der Waals surface area contributed by atoms with Crippen LogP contribution in [0.4, 0.5) is 43.9 Å². The van der Waals surface area contributed by atoms with Crippen molar-refractivity contribution in [2.75, 3.05) is 0 Å². The molecule has 1 atom stereocenters. The summed E-state index contributed by atoms with van der Waals surface area (Å²) in [7, 11) is -7.32. The van der Waals surface area contributed by atoms with Crippen molar-refractivity contribution in [1.29, 1.82) is 0 Å². The van der Waals surface area contributed by atoms with Crippen molar-refractivity contribution < 1.29 is 86.4 Å². The van der Waals surface area contributed by atoms with Gasteiger partial charge in [0.15, 0.2) is 16.3 Å². The Labute approximate surface area is 139 Å². The predicted octanol–water partition coefficient (Wildman–Crippen LogP) is 0.0796. The van der Waals surface area contributed by atoms with E-state index in [0.29, 0.717) is 0 Å². The molecule has 0 rings (SSSR count). The first-order valence-corrected chi connectivity index (χ1v) is 6.08. The van der Waals surface area contributed by atoms with Gasteiger partial charge in [-0.1, -0.05) is 0 Å². The van der Waals surface area contributed by atoms with Gasteiger partial charge < -0.3 is 4.55 Å². The average molecular weight is 382 g/mol. The third-order valence-electron chi connectivity index (χ3n) is 2.17. The second-order valence-electron chi connectivity index (χ2n) is 3.79. The Morgan fingerprint density at radius 3 is 1.55 bits per heavy atom. The van der Waals surface area contributed by atoms with Crippen LogP contribution in [0.15, 0.2) is 0 Å². The average Bonchev–Trinajstić information content (AvgIpc) is 2.22. The molecule has 0 aromatic rings. The van der Waals surface area contributed by atoms with Crippen LogP contribution in [0.1, 0.15) is 12.8 Å². The van der Waals surface area contributed by atoms with E-state index >= 15 is 0 Å². The third kappa shape index (κ3) is 4.85. The monoisotopic (exact) mass is 382 g/mol. The van der Waals surface area contributed by atoms with Crippen molar-refractivity contribution in [1.82, 2.24) is 0 Å². The molecule has 15 heteroatoms. The minimum absolute atomic E-state index is 0. The van der Waals surface area contributed by atoms with Crippen LogP contribution in [0.2, 0.25) is 0 Å². The van der Waals surface area contributed by atoms with Gasteiger partial charge in [0.1, 0.15) is 0 Å². The van der Waals surface area contributed by atoms with Crippen LogP contribution in [0.3, 0.4) is 0 Å². The summed E-state index contributed by atoms with van der Waals surface area (Å²) < 4.78 is 153. The number of alkyl halides is 10. The molecule has 128 valence electrons. The van der Waals surface area contributed by atoms with Crippen LogP contribution in [0, 0.1) is 0 Å². The molecule has 0 radical (unpaired) electrons. The van der Waals surface area contributed by atoms with Crippen LogP contribution >= 0.6 is 0 Å². The van der Waals surface area contributed by atoms with Crippen LogP contribution in [-0.4, -0.2) is 42.4 Å². The Bertz CT molecular complexity index is 473. The Hall–Kier alpha value is 0.210. The van der Waals surface area contributed by atoms with Crippen LogP contribution in [0.25, 0.3) is 0 Å². The van der Waals surface area contributed by atoms with Crippen molar-refractivity contribution in [2.45, 2.75) is 42.3 Å². The first-order valence-electron chi connectivity index (χ1n) is 4.67. The minimum Gasteiger partial charge on any atom is -0.743 e. The minimum atomic E-state index is -7.32. The van der Waals surface area contributed by atoms with E-state index in [1.54, 1.807) is 0 Å². The summed E-state index contributed by atoms with van der Waals surface area (Å²) in [6.07, 6.45) is -14.4. The van der Waals surface area contributed by atoms with Gasteiger partial charge in [-0.3, -0.25) is 0 Å². The summed E-state index contributed by atoms with van der Waals surface area (Å²) in [6.45, 7) is 0. The Morgan fingerprint density at radius 1 is 0.909 bits per heavy atom. The summed E-state index contributed by atoms with van der Waals surface area (Å²) in [5, 5.41) is -6.91. The van der Waals surface area contributed by atoms with E-state index in [1.165, 1.54) is 0 Å². The molecule has 0 aromatic heterocycles. The Balaban J connectivity index is 0. The maximum atomic E-state index is 12.8. The first-order chi connectivity index (χ1) is 8.88. The van der Waals surface area contributed by atoms with Crippen molar-refractivity contribution >= 4 is 10.1 Å². The van der Waals surface area contributed by atoms with E-state index in [2.05, 4.69) is 0 Å². The van der Waals surface area contributed by atoms with Gasteiger partial charge in [0.25, 0.3) is 0 Å². The van der Waals surface area contributed by atoms with Crippen molar-refractivity contribution in [3.05, 3.63) is 0 Å². The molecule has 1 unspecified atom stereocenters. The molecule has 0 spiro atoms. The van der Waals surface area contributed by atoms with Crippen LogP contribution in [-0.2, 0) is 10.1 Å². The van der Waals surface area contributed by atoms with Gasteiger partial charge in [-0.15, -0.1) is 0 Å².